The first-order valence-electron chi connectivity index (χ1n) is 6.43. The fourth-order valence-corrected chi connectivity index (χ4v) is 3.27. The molecule has 4 nitrogen and oxygen atoms in total. The minimum Gasteiger partial charge on any atom is -0.338 e. The Balaban J connectivity index is 1.96. The van der Waals surface area contributed by atoms with Crippen LogP contribution in [0.25, 0.3) is 0 Å². The van der Waals surface area contributed by atoms with Gasteiger partial charge < -0.3 is 10.6 Å². The molecule has 19 heavy (non-hydrogen) atoms. The van der Waals surface area contributed by atoms with E-state index in [0.29, 0.717) is 0 Å². The second-order valence-electron chi connectivity index (χ2n) is 4.44. The standard InChI is InChI=1S/C14H16N4S/c15-5-1-2-8-18-11-3-6-17-10-14(11)19-13-4-7-16-9-12(13)18/h3-4,6-7,9-10H,1-2,5,8,15H2. The molecular weight excluding hydrogens is 256 g/mol. The number of pyridine rings is 2. The number of fused-ring (bicyclic) bond motifs is 2. The minimum absolute atomic E-state index is 0.742. The third-order valence-corrected chi connectivity index (χ3v) is 4.26. The van der Waals surface area contributed by atoms with Crippen molar-refractivity contribution >= 4 is 23.1 Å². The maximum Gasteiger partial charge on any atom is 0.0739 e. The second kappa shape index (κ2) is 5.59. The molecule has 1 aliphatic heterocycles. The molecule has 2 aromatic heterocycles. The van der Waals surface area contributed by atoms with Crippen molar-refractivity contribution in [1.82, 2.24) is 9.97 Å². The van der Waals surface area contributed by atoms with E-state index in [0.717, 1.165) is 25.9 Å². The summed E-state index contributed by atoms with van der Waals surface area (Å²) in [4.78, 5) is 13.2. The quantitative estimate of drug-likeness (QED) is 0.867. The van der Waals surface area contributed by atoms with Crippen LogP contribution in [0.1, 0.15) is 12.8 Å². The van der Waals surface area contributed by atoms with Crippen molar-refractivity contribution in [2.75, 3.05) is 18.0 Å². The van der Waals surface area contributed by atoms with Gasteiger partial charge in [0.15, 0.2) is 0 Å². The molecule has 0 aromatic carbocycles. The second-order valence-corrected chi connectivity index (χ2v) is 5.52. The Labute approximate surface area is 117 Å². The van der Waals surface area contributed by atoms with Gasteiger partial charge in [-0.2, -0.15) is 0 Å². The van der Waals surface area contributed by atoms with Crippen molar-refractivity contribution in [3.63, 3.8) is 0 Å². The Morgan fingerprint density at radius 3 is 2.74 bits per heavy atom. The molecule has 0 fully saturated rings. The number of nitrogens with zero attached hydrogens (tertiary/aromatic N) is 3. The van der Waals surface area contributed by atoms with E-state index in [1.54, 1.807) is 11.8 Å². The van der Waals surface area contributed by atoms with E-state index in [1.165, 1.54) is 21.2 Å². The van der Waals surface area contributed by atoms with Gasteiger partial charge in [0.2, 0.25) is 0 Å². The predicted octanol–water partition coefficient (Wildman–Crippen LogP) is 2.82. The van der Waals surface area contributed by atoms with E-state index >= 15 is 0 Å². The smallest absolute Gasteiger partial charge is 0.0739 e. The molecule has 3 rings (SSSR count). The number of unbranched alkanes of at least 4 members (excludes halogenated alkanes) is 1. The van der Waals surface area contributed by atoms with Crippen LogP contribution >= 0.6 is 11.8 Å². The largest absolute Gasteiger partial charge is 0.338 e. The van der Waals surface area contributed by atoms with E-state index in [2.05, 4.69) is 27.0 Å². The fraction of sp³-hybridized carbons (Fsp3) is 0.286. The molecule has 3 heterocycles. The highest BCUT2D eigenvalue weighted by atomic mass is 32.2. The van der Waals surface area contributed by atoms with Crippen molar-refractivity contribution in [3.8, 4) is 0 Å². The van der Waals surface area contributed by atoms with Gasteiger partial charge in [-0.15, -0.1) is 0 Å². The number of rotatable bonds is 4. The average molecular weight is 272 g/mol. The molecule has 0 amide bonds. The topological polar surface area (TPSA) is 55.0 Å². The van der Waals surface area contributed by atoms with Crippen LogP contribution in [0.4, 0.5) is 11.4 Å². The van der Waals surface area contributed by atoms with E-state index in [4.69, 9.17) is 5.73 Å². The Morgan fingerprint density at radius 1 is 1.00 bits per heavy atom. The Kier molecular flexibility index (Phi) is 3.66. The van der Waals surface area contributed by atoms with Crippen LogP contribution in [-0.2, 0) is 0 Å². The lowest BCUT2D eigenvalue weighted by atomic mass is 10.2. The molecule has 1 aliphatic rings. The Bertz CT molecular complexity index is 527. The Morgan fingerprint density at radius 2 is 1.84 bits per heavy atom. The van der Waals surface area contributed by atoms with Gasteiger partial charge in [-0.05, 0) is 31.5 Å². The summed E-state index contributed by atoms with van der Waals surface area (Å²) in [5.41, 5.74) is 7.99. The summed E-state index contributed by atoms with van der Waals surface area (Å²) in [6.07, 6.45) is 9.67. The molecule has 0 aliphatic carbocycles. The third kappa shape index (κ3) is 2.43. The summed E-state index contributed by atoms with van der Waals surface area (Å²) in [6, 6.07) is 4.13. The highest BCUT2D eigenvalue weighted by molar-refractivity contribution is 7.99. The van der Waals surface area contributed by atoms with E-state index in [1.807, 2.05) is 24.8 Å². The van der Waals surface area contributed by atoms with Gasteiger partial charge in [-0.3, -0.25) is 9.97 Å². The van der Waals surface area contributed by atoms with Crippen molar-refractivity contribution in [1.29, 1.82) is 0 Å². The van der Waals surface area contributed by atoms with Gasteiger partial charge in [-0.1, -0.05) is 11.8 Å². The molecule has 2 N–H and O–H groups in total. The molecule has 0 radical (unpaired) electrons. The first-order chi connectivity index (χ1) is 9.40. The average Bonchev–Trinajstić information content (AvgIpc) is 2.46. The van der Waals surface area contributed by atoms with Crippen molar-refractivity contribution in [3.05, 3.63) is 36.9 Å². The van der Waals surface area contributed by atoms with Crippen LogP contribution < -0.4 is 10.6 Å². The number of anilines is 2. The lowest BCUT2D eigenvalue weighted by Gasteiger charge is -2.32. The van der Waals surface area contributed by atoms with E-state index < -0.39 is 0 Å². The number of nitrogens with two attached hydrogens (primary N) is 1. The molecule has 2 aromatic rings. The summed E-state index contributed by atoms with van der Waals surface area (Å²) in [6.45, 7) is 1.71. The number of aromatic nitrogens is 2. The van der Waals surface area contributed by atoms with Crippen LogP contribution in [0.15, 0.2) is 46.7 Å². The number of hydrogen-bond donors (Lipinski definition) is 1. The predicted molar refractivity (Wildman–Crippen MR) is 77.9 cm³/mol. The summed E-state index contributed by atoms with van der Waals surface area (Å²) in [5.74, 6) is 0. The van der Waals surface area contributed by atoms with Gasteiger partial charge in [-0.25, -0.2) is 0 Å². The van der Waals surface area contributed by atoms with Crippen molar-refractivity contribution in [2.45, 2.75) is 22.6 Å². The zero-order valence-corrected chi connectivity index (χ0v) is 11.4. The van der Waals surface area contributed by atoms with Gasteiger partial charge in [0.25, 0.3) is 0 Å². The normalized spacial score (nSPS) is 13.0. The molecule has 0 saturated carbocycles. The molecule has 0 unspecified atom stereocenters. The molecular formula is C14H16N4S. The lowest BCUT2D eigenvalue weighted by Crippen LogP contribution is -2.22. The SMILES string of the molecule is NCCCCN1c2ccncc2Sc2ccncc21. The molecule has 5 heteroatoms. The highest BCUT2D eigenvalue weighted by Crippen LogP contribution is 2.47. The summed E-state index contributed by atoms with van der Waals surface area (Å²) in [7, 11) is 0. The first-order valence-corrected chi connectivity index (χ1v) is 7.25. The lowest BCUT2D eigenvalue weighted by molar-refractivity contribution is 0.734. The molecule has 0 spiro atoms. The fourth-order valence-electron chi connectivity index (χ4n) is 2.24. The zero-order chi connectivity index (χ0) is 13.1. The zero-order valence-electron chi connectivity index (χ0n) is 10.6. The maximum absolute atomic E-state index is 5.59. The van der Waals surface area contributed by atoms with Gasteiger partial charge in [0.1, 0.15) is 0 Å². The van der Waals surface area contributed by atoms with Gasteiger partial charge in [0.05, 0.1) is 22.5 Å². The van der Waals surface area contributed by atoms with Crippen LogP contribution in [0.3, 0.4) is 0 Å². The third-order valence-electron chi connectivity index (χ3n) is 3.16. The molecule has 98 valence electrons. The summed E-state index contributed by atoms with van der Waals surface area (Å²) < 4.78 is 0. The Hall–Kier alpha value is -1.59. The van der Waals surface area contributed by atoms with Gasteiger partial charge >= 0.3 is 0 Å². The molecule has 0 saturated heterocycles. The van der Waals surface area contributed by atoms with Crippen molar-refractivity contribution in [2.24, 2.45) is 5.73 Å². The number of hydrogen-bond acceptors (Lipinski definition) is 5. The molecule has 0 bridgehead atoms. The first kappa shape index (κ1) is 12.4. The van der Waals surface area contributed by atoms with Crippen LogP contribution in [0, 0.1) is 0 Å². The van der Waals surface area contributed by atoms with E-state index in [-0.39, 0.29) is 0 Å². The molecule has 0 atom stereocenters. The van der Waals surface area contributed by atoms with Gasteiger partial charge in [0, 0.05) is 30.0 Å². The van der Waals surface area contributed by atoms with Crippen LogP contribution in [0.5, 0.6) is 0 Å². The minimum atomic E-state index is 0.742. The van der Waals surface area contributed by atoms with Crippen LogP contribution in [-0.4, -0.2) is 23.1 Å². The van der Waals surface area contributed by atoms with E-state index in [9.17, 15) is 0 Å². The summed E-state index contributed by atoms with van der Waals surface area (Å²) in [5, 5.41) is 0. The summed E-state index contributed by atoms with van der Waals surface area (Å²) >= 11 is 1.76. The van der Waals surface area contributed by atoms with Crippen molar-refractivity contribution < 1.29 is 0 Å². The maximum atomic E-state index is 5.59. The highest BCUT2D eigenvalue weighted by Gasteiger charge is 2.22. The monoisotopic (exact) mass is 272 g/mol. The van der Waals surface area contributed by atoms with Crippen LogP contribution in [0.2, 0.25) is 0 Å².